The van der Waals surface area contributed by atoms with E-state index in [2.05, 4.69) is 18.7 Å². The molecule has 0 aromatic carbocycles. The molecule has 0 saturated heterocycles. The lowest BCUT2D eigenvalue weighted by Gasteiger charge is -2.26. The Balaban J connectivity index is 4.31. The Morgan fingerprint density at radius 3 is 2.15 bits per heavy atom. The van der Waals surface area contributed by atoms with E-state index >= 15 is 0 Å². The molecule has 78 valence electrons. The number of Topliss-reactive ketones (excluding diaryl/α,β-unsaturated/α-hetero) is 1. The van der Waals surface area contributed by atoms with Crippen LogP contribution < -0.4 is 0 Å². The molecule has 0 amide bonds. The van der Waals surface area contributed by atoms with Crippen LogP contribution in [0, 0.1) is 5.92 Å². The first-order valence-electron chi connectivity index (χ1n) is 5.28. The SMILES string of the molecule is CCCC(C(=O)C(C)C)N(C)CC. The number of carbonyl (C=O) groups is 1. The van der Waals surface area contributed by atoms with Gasteiger partial charge in [-0.15, -0.1) is 0 Å². The van der Waals surface area contributed by atoms with Crippen LogP contribution in [0.2, 0.25) is 0 Å². The van der Waals surface area contributed by atoms with Crippen LogP contribution in [0.15, 0.2) is 0 Å². The predicted octanol–water partition coefficient (Wildman–Crippen LogP) is 2.33. The third kappa shape index (κ3) is 3.90. The van der Waals surface area contributed by atoms with Gasteiger partial charge in [0.05, 0.1) is 6.04 Å². The van der Waals surface area contributed by atoms with Gasteiger partial charge in [0.15, 0.2) is 5.78 Å². The van der Waals surface area contributed by atoms with Crippen LogP contribution in [0.1, 0.15) is 40.5 Å². The molecular weight excluding hydrogens is 162 g/mol. The van der Waals surface area contributed by atoms with Crippen LogP contribution in [0.3, 0.4) is 0 Å². The number of likely N-dealkylation sites (N-methyl/N-ethyl adjacent to an activating group) is 1. The quantitative estimate of drug-likeness (QED) is 0.633. The lowest BCUT2D eigenvalue weighted by Crippen LogP contribution is -2.40. The highest BCUT2D eigenvalue weighted by Crippen LogP contribution is 2.11. The first-order chi connectivity index (χ1) is 6.04. The van der Waals surface area contributed by atoms with Crippen molar-refractivity contribution in [3.05, 3.63) is 0 Å². The molecule has 1 atom stereocenters. The zero-order chi connectivity index (χ0) is 10.4. The van der Waals surface area contributed by atoms with Gasteiger partial charge in [-0.05, 0) is 20.0 Å². The highest BCUT2D eigenvalue weighted by atomic mass is 16.1. The van der Waals surface area contributed by atoms with Gasteiger partial charge in [-0.2, -0.15) is 0 Å². The standard InChI is InChI=1S/C11H23NO/c1-6-8-10(12(5)7-2)11(13)9(3)4/h9-10H,6-8H2,1-5H3. The fraction of sp³-hybridized carbons (Fsp3) is 0.909. The summed E-state index contributed by atoms with van der Waals surface area (Å²) in [5.41, 5.74) is 0. The van der Waals surface area contributed by atoms with Gasteiger partial charge in [0.2, 0.25) is 0 Å². The van der Waals surface area contributed by atoms with E-state index in [1.165, 1.54) is 0 Å². The summed E-state index contributed by atoms with van der Waals surface area (Å²) in [6.45, 7) is 9.13. The van der Waals surface area contributed by atoms with Crippen LogP contribution in [-0.2, 0) is 4.79 Å². The summed E-state index contributed by atoms with van der Waals surface area (Å²) >= 11 is 0. The molecule has 0 spiro atoms. The van der Waals surface area contributed by atoms with Crippen molar-refractivity contribution >= 4 is 5.78 Å². The molecule has 13 heavy (non-hydrogen) atoms. The number of nitrogens with zero attached hydrogens (tertiary/aromatic N) is 1. The first kappa shape index (κ1) is 12.6. The molecule has 0 N–H and O–H groups in total. The summed E-state index contributed by atoms with van der Waals surface area (Å²) in [5, 5.41) is 0. The van der Waals surface area contributed by atoms with E-state index in [0.717, 1.165) is 19.4 Å². The predicted molar refractivity (Wildman–Crippen MR) is 56.8 cm³/mol. The Morgan fingerprint density at radius 1 is 1.31 bits per heavy atom. The van der Waals surface area contributed by atoms with Crippen LogP contribution in [0.5, 0.6) is 0 Å². The Morgan fingerprint density at radius 2 is 1.85 bits per heavy atom. The minimum Gasteiger partial charge on any atom is -0.298 e. The third-order valence-electron chi connectivity index (χ3n) is 2.49. The van der Waals surface area contributed by atoms with Gasteiger partial charge >= 0.3 is 0 Å². The molecule has 0 aromatic heterocycles. The molecule has 0 aliphatic heterocycles. The number of carbonyl (C=O) groups excluding carboxylic acids is 1. The van der Waals surface area contributed by atoms with Gasteiger partial charge in [-0.3, -0.25) is 9.69 Å². The largest absolute Gasteiger partial charge is 0.298 e. The van der Waals surface area contributed by atoms with Crippen molar-refractivity contribution in [1.82, 2.24) is 4.90 Å². The number of hydrogen-bond donors (Lipinski definition) is 0. The van der Waals surface area contributed by atoms with E-state index in [1.807, 2.05) is 20.9 Å². The van der Waals surface area contributed by atoms with E-state index in [4.69, 9.17) is 0 Å². The summed E-state index contributed by atoms with van der Waals surface area (Å²) in [4.78, 5) is 13.9. The fourth-order valence-electron chi connectivity index (χ4n) is 1.46. The second-order valence-electron chi connectivity index (χ2n) is 3.93. The monoisotopic (exact) mass is 185 g/mol. The van der Waals surface area contributed by atoms with Crippen molar-refractivity contribution in [2.45, 2.75) is 46.6 Å². The third-order valence-corrected chi connectivity index (χ3v) is 2.49. The summed E-state index contributed by atoms with van der Waals surface area (Å²) in [6, 6.07) is 0.134. The molecule has 0 bridgehead atoms. The van der Waals surface area contributed by atoms with Crippen molar-refractivity contribution in [1.29, 1.82) is 0 Å². The molecule has 0 saturated carbocycles. The number of rotatable bonds is 6. The molecule has 1 unspecified atom stereocenters. The van der Waals surface area contributed by atoms with E-state index in [0.29, 0.717) is 5.78 Å². The van der Waals surface area contributed by atoms with Crippen LogP contribution in [0.25, 0.3) is 0 Å². The number of ketones is 1. The van der Waals surface area contributed by atoms with Gasteiger partial charge in [-0.25, -0.2) is 0 Å². The lowest BCUT2D eigenvalue weighted by atomic mass is 9.97. The normalized spacial score (nSPS) is 13.8. The molecule has 0 fully saturated rings. The van der Waals surface area contributed by atoms with Crippen molar-refractivity contribution in [2.75, 3.05) is 13.6 Å². The Hall–Kier alpha value is -0.370. The average Bonchev–Trinajstić information content (AvgIpc) is 2.11. The van der Waals surface area contributed by atoms with E-state index in [1.54, 1.807) is 0 Å². The van der Waals surface area contributed by atoms with E-state index < -0.39 is 0 Å². The van der Waals surface area contributed by atoms with Crippen molar-refractivity contribution in [2.24, 2.45) is 5.92 Å². The van der Waals surface area contributed by atoms with Crippen LogP contribution >= 0.6 is 0 Å². The molecule has 0 aromatic rings. The van der Waals surface area contributed by atoms with Gasteiger partial charge in [0, 0.05) is 5.92 Å². The maximum atomic E-state index is 11.8. The number of hydrogen-bond acceptors (Lipinski definition) is 2. The molecule has 0 radical (unpaired) electrons. The van der Waals surface area contributed by atoms with E-state index in [9.17, 15) is 4.79 Å². The average molecular weight is 185 g/mol. The van der Waals surface area contributed by atoms with Crippen LogP contribution in [-0.4, -0.2) is 30.3 Å². The van der Waals surface area contributed by atoms with Gasteiger partial charge in [-0.1, -0.05) is 34.1 Å². The Labute approximate surface area is 82.3 Å². The summed E-state index contributed by atoms with van der Waals surface area (Å²) < 4.78 is 0. The van der Waals surface area contributed by atoms with Gasteiger partial charge < -0.3 is 0 Å². The maximum Gasteiger partial charge on any atom is 0.152 e. The molecule has 0 rings (SSSR count). The minimum atomic E-state index is 0.134. The van der Waals surface area contributed by atoms with Gasteiger partial charge in [0.25, 0.3) is 0 Å². The zero-order valence-electron chi connectivity index (χ0n) is 9.63. The van der Waals surface area contributed by atoms with Crippen molar-refractivity contribution in [3.63, 3.8) is 0 Å². The van der Waals surface area contributed by atoms with Crippen LogP contribution in [0.4, 0.5) is 0 Å². The van der Waals surface area contributed by atoms with E-state index in [-0.39, 0.29) is 12.0 Å². The second-order valence-corrected chi connectivity index (χ2v) is 3.93. The molecule has 2 heteroatoms. The Bertz CT molecular complexity index is 154. The van der Waals surface area contributed by atoms with Crippen molar-refractivity contribution < 1.29 is 4.79 Å². The van der Waals surface area contributed by atoms with Crippen molar-refractivity contribution in [3.8, 4) is 0 Å². The highest BCUT2D eigenvalue weighted by molar-refractivity contribution is 5.85. The summed E-state index contributed by atoms with van der Waals surface area (Å²) in [5.74, 6) is 0.539. The van der Waals surface area contributed by atoms with Gasteiger partial charge in [0.1, 0.15) is 0 Å². The summed E-state index contributed by atoms with van der Waals surface area (Å²) in [6.07, 6.45) is 2.06. The molecule has 0 aliphatic carbocycles. The molecule has 0 aliphatic rings. The summed E-state index contributed by atoms with van der Waals surface area (Å²) in [7, 11) is 2.03. The maximum absolute atomic E-state index is 11.8. The minimum absolute atomic E-state index is 0.134. The second kappa shape index (κ2) is 6.14. The smallest absolute Gasteiger partial charge is 0.152 e. The molecule has 2 nitrogen and oxygen atoms in total. The lowest BCUT2D eigenvalue weighted by molar-refractivity contribution is -0.127. The first-order valence-corrected chi connectivity index (χ1v) is 5.28. The Kier molecular flexibility index (Phi) is 5.97. The molecular formula is C11H23NO. The zero-order valence-corrected chi connectivity index (χ0v) is 9.63. The highest BCUT2D eigenvalue weighted by Gasteiger charge is 2.22. The topological polar surface area (TPSA) is 20.3 Å². The molecule has 0 heterocycles. The fourth-order valence-corrected chi connectivity index (χ4v) is 1.46.